The first-order valence-corrected chi connectivity index (χ1v) is 7.92. The molecule has 1 atom stereocenters. The Morgan fingerprint density at radius 1 is 1.28 bits per heavy atom. The summed E-state index contributed by atoms with van der Waals surface area (Å²) >= 11 is 0. The standard InChI is InChI=1S/C16H34N2/c1-6-9-15-10-7-8-11-18(15)13-16(4,5)12-17-14(2)3/h14-15,17H,6-13H2,1-5H3. The van der Waals surface area contributed by atoms with Gasteiger partial charge in [0.25, 0.3) is 0 Å². The number of nitrogens with zero attached hydrogens (tertiary/aromatic N) is 1. The summed E-state index contributed by atoms with van der Waals surface area (Å²) < 4.78 is 0. The fourth-order valence-corrected chi connectivity index (χ4v) is 3.01. The lowest BCUT2D eigenvalue weighted by Crippen LogP contribution is -2.47. The molecule has 18 heavy (non-hydrogen) atoms. The summed E-state index contributed by atoms with van der Waals surface area (Å²) in [7, 11) is 0. The van der Waals surface area contributed by atoms with Gasteiger partial charge in [0.1, 0.15) is 0 Å². The first-order chi connectivity index (χ1) is 8.44. The quantitative estimate of drug-likeness (QED) is 0.746. The van der Waals surface area contributed by atoms with E-state index in [1.54, 1.807) is 0 Å². The maximum atomic E-state index is 3.60. The molecule has 0 amide bonds. The van der Waals surface area contributed by atoms with E-state index >= 15 is 0 Å². The first kappa shape index (κ1) is 16.0. The van der Waals surface area contributed by atoms with Crippen LogP contribution in [-0.2, 0) is 0 Å². The lowest BCUT2D eigenvalue weighted by Gasteiger charge is -2.41. The summed E-state index contributed by atoms with van der Waals surface area (Å²) in [5, 5.41) is 3.60. The van der Waals surface area contributed by atoms with Crippen LogP contribution >= 0.6 is 0 Å². The van der Waals surface area contributed by atoms with Crippen molar-refractivity contribution in [1.29, 1.82) is 0 Å². The van der Waals surface area contributed by atoms with E-state index in [2.05, 4.69) is 44.8 Å². The largest absolute Gasteiger partial charge is 0.314 e. The predicted octanol–water partition coefficient (Wildman–Crippen LogP) is 3.67. The molecule has 0 spiro atoms. The van der Waals surface area contributed by atoms with Crippen molar-refractivity contribution in [3.05, 3.63) is 0 Å². The van der Waals surface area contributed by atoms with Crippen molar-refractivity contribution >= 4 is 0 Å². The average Bonchev–Trinajstić information content (AvgIpc) is 2.29. The van der Waals surface area contributed by atoms with E-state index in [0.29, 0.717) is 11.5 Å². The minimum atomic E-state index is 0.383. The maximum absolute atomic E-state index is 3.60. The lowest BCUT2D eigenvalue weighted by molar-refractivity contribution is 0.0887. The molecular weight excluding hydrogens is 220 g/mol. The zero-order valence-corrected chi connectivity index (χ0v) is 13.3. The molecule has 1 aliphatic rings. The van der Waals surface area contributed by atoms with Crippen molar-refractivity contribution in [2.45, 2.75) is 78.8 Å². The monoisotopic (exact) mass is 254 g/mol. The van der Waals surface area contributed by atoms with E-state index in [0.717, 1.165) is 12.6 Å². The predicted molar refractivity (Wildman–Crippen MR) is 81.0 cm³/mol. The number of hydrogen-bond acceptors (Lipinski definition) is 2. The highest BCUT2D eigenvalue weighted by molar-refractivity contribution is 4.83. The zero-order chi connectivity index (χ0) is 13.6. The molecule has 1 heterocycles. The molecule has 0 radical (unpaired) electrons. The molecule has 1 saturated heterocycles. The van der Waals surface area contributed by atoms with Gasteiger partial charge in [0.05, 0.1) is 0 Å². The molecule has 108 valence electrons. The summed E-state index contributed by atoms with van der Waals surface area (Å²) in [6, 6.07) is 1.44. The summed E-state index contributed by atoms with van der Waals surface area (Å²) in [6.45, 7) is 15.3. The van der Waals surface area contributed by atoms with Crippen LogP contribution in [0, 0.1) is 5.41 Å². The van der Waals surface area contributed by atoms with Crippen LogP contribution in [0.3, 0.4) is 0 Å². The van der Waals surface area contributed by atoms with E-state index in [1.807, 2.05) is 0 Å². The third kappa shape index (κ3) is 5.71. The second-order valence-corrected chi connectivity index (χ2v) is 7.11. The minimum absolute atomic E-state index is 0.383. The highest BCUT2D eigenvalue weighted by Gasteiger charge is 2.28. The van der Waals surface area contributed by atoms with Gasteiger partial charge in [-0.1, -0.05) is 47.5 Å². The Balaban J connectivity index is 2.46. The Labute approximate surface area is 115 Å². The van der Waals surface area contributed by atoms with Crippen molar-refractivity contribution in [3.63, 3.8) is 0 Å². The van der Waals surface area contributed by atoms with Crippen LogP contribution in [0.1, 0.15) is 66.7 Å². The van der Waals surface area contributed by atoms with Crippen LogP contribution in [0.4, 0.5) is 0 Å². The van der Waals surface area contributed by atoms with Gasteiger partial charge in [0, 0.05) is 25.2 Å². The highest BCUT2D eigenvalue weighted by Crippen LogP contribution is 2.25. The third-order valence-electron chi connectivity index (χ3n) is 3.99. The normalized spacial score (nSPS) is 22.7. The molecule has 1 rings (SSSR count). The Morgan fingerprint density at radius 2 is 2.00 bits per heavy atom. The molecule has 2 nitrogen and oxygen atoms in total. The van der Waals surface area contributed by atoms with Gasteiger partial charge in [-0.3, -0.25) is 4.90 Å². The number of piperidine rings is 1. The van der Waals surface area contributed by atoms with Crippen LogP contribution in [0.5, 0.6) is 0 Å². The molecule has 0 bridgehead atoms. The van der Waals surface area contributed by atoms with Crippen molar-refractivity contribution < 1.29 is 0 Å². The summed E-state index contributed by atoms with van der Waals surface area (Å²) in [5.74, 6) is 0. The second kappa shape index (κ2) is 7.49. The van der Waals surface area contributed by atoms with Crippen molar-refractivity contribution in [3.8, 4) is 0 Å². The second-order valence-electron chi connectivity index (χ2n) is 7.11. The van der Waals surface area contributed by atoms with Gasteiger partial charge in [0.2, 0.25) is 0 Å². The maximum Gasteiger partial charge on any atom is 0.00954 e. The Hall–Kier alpha value is -0.0800. The van der Waals surface area contributed by atoms with Gasteiger partial charge in [-0.2, -0.15) is 0 Å². The smallest absolute Gasteiger partial charge is 0.00954 e. The summed E-state index contributed by atoms with van der Waals surface area (Å²) in [5.41, 5.74) is 0.383. The number of nitrogens with one attached hydrogen (secondary N) is 1. The van der Waals surface area contributed by atoms with Crippen LogP contribution in [0.2, 0.25) is 0 Å². The molecule has 0 aromatic carbocycles. The zero-order valence-electron chi connectivity index (χ0n) is 13.3. The van der Waals surface area contributed by atoms with Gasteiger partial charge in [-0.15, -0.1) is 0 Å². The molecule has 1 aliphatic heterocycles. The van der Waals surface area contributed by atoms with E-state index in [9.17, 15) is 0 Å². The molecule has 0 aromatic rings. The van der Waals surface area contributed by atoms with Crippen LogP contribution < -0.4 is 5.32 Å². The number of likely N-dealkylation sites (tertiary alicyclic amines) is 1. The molecule has 0 saturated carbocycles. The fraction of sp³-hybridized carbons (Fsp3) is 1.00. The van der Waals surface area contributed by atoms with Crippen LogP contribution in [0.25, 0.3) is 0 Å². The van der Waals surface area contributed by atoms with E-state index in [4.69, 9.17) is 0 Å². The first-order valence-electron chi connectivity index (χ1n) is 7.92. The van der Waals surface area contributed by atoms with Crippen molar-refractivity contribution in [2.24, 2.45) is 5.41 Å². The minimum Gasteiger partial charge on any atom is -0.314 e. The molecule has 2 heteroatoms. The SMILES string of the molecule is CCCC1CCCCN1CC(C)(C)CNC(C)C. The van der Waals surface area contributed by atoms with Gasteiger partial charge >= 0.3 is 0 Å². The Kier molecular flexibility index (Phi) is 6.65. The highest BCUT2D eigenvalue weighted by atomic mass is 15.2. The number of hydrogen-bond donors (Lipinski definition) is 1. The molecule has 0 aliphatic carbocycles. The molecule has 1 unspecified atom stereocenters. The fourth-order valence-electron chi connectivity index (χ4n) is 3.01. The van der Waals surface area contributed by atoms with Crippen LogP contribution in [0.15, 0.2) is 0 Å². The lowest BCUT2D eigenvalue weighted by atomic mass is 9.89. The number of rotatable bonds is 7. The molecule has 1 fully saturated rings. The van der Waals surface area contributed by atoms with Gasteiger partial charge in [-0.05, 0) is 31.2 Å². The Bertz CT molecular complexity index is 221. The summed E-state index contributed by atoms with van der Waals surface area (Å²) in [4.78, 5) is 2.76. The van der Waals surface area contributed by atoms with Crippen molar-refractivity contribution in [1.82, 2.24) is 10.2 Å². The average molecular weight is 254 g/mol. The third-order valence-corrected chi connectivity index (χ3v) is 3.99. The van der Waals surface area contributed by atoms with Crippen molar-refractivity contribution in [2.75, 3.05) is 19.6 Å². The van der Waals surface area contributed by atoms with E-state index < -0.39 is 0 Å². The van der Waals surface area contributed by atoms with Gasteiger partial charge in [0.15, 0.2) is 0 Å². The van der Waals surface area contributed by atoms with E-state index in [1.165, 1.54) is 45.2 Å². The Morgan fingerprint density at radius 3 is 2.61 bits per heavy atom. The topological polar surface area (TPSA) is 15.3 Å². The van der Waals surface area contributed by atoms with Gasteiger partial charge < -0.3 is 5.32 Å². The van der Waals surface area contributed by atoms with E-state index in [-0.39, 0.29) is 0 Å². The molecule has 0 aromatic heterocycles. The van der Waals surface area contributed by atoms with Crippen LogP contribution in [-0.4, -0.2) is 36.6 Å². The van der Waals surface area contributed by atoms with Gasteiger partial charge in [-0.25, -0.2) is 0 Å². The summed E-state index contributed by atoms with van der Waals surface area (Å²) in [6.07, 6.45) is 6.96. The molecular formula is C16H34N2. The molecule has 1 N–H and O–H groups in total.